The number of hydrogen-bond acceptors (Lipinski definition) is 3. The molecule has 0 fully saturated rings. The molecule has 0 spiro atoms. The maximum absolute atomic E-state index is 15.5. The minimum atomic E-state index is -3.32. The number of anilines is 2. The van der Waals surface area contributed by atoms with Crippen molar-refractivity contribution in [2.24, 2.45) is 0 Å². The van der Waals surface area contributed by atoms with Gasteiger partial charge in [-0.25, -0.2) is 8.78 Å². The predicted molar refractivity (Wildman–Crippen MR) is 170 cm³/mol. The number of alkyl halides is 2. The van der Waals surface area contributed by atoms with E-state index in [9.17, 15) is 14.4 Å². The number of allylic oxidation sites excluding steroid dienone is 1. The fraction of sp³-hybridized carbons (Fsp3) is 0.194. The van der Waals surface area contributed by atoms with Crippen LogP contribution in [0.3, 0.4) is 0 Å². The van der Waals surface area contributed by atoms with Crippen LogP contribution >= 0.6 is 0 Å². The highest BCUT2D eigenvalue weighted by Gasteiger charge is 2.41. The average Bonchev–Trinajstić information content (AvgIpc) is 3.15. The molecule has 0 aliphatic carbocycles. The van der Waals surface area contributed by atoms with Crippen molar-refractivity contribution in [1.29, 1.82) is 0 Å². The number of carbonyl (C=O) groups excluding carboxylic acids is 3. The Kier molecular flexibility index (Phi) is 8.99. The van der Waals surface area contributed by atoms with Crippen molar-refractivity contribution in [2.45, 2.75) is 26.2 Å². The van der Waals surface area contributed by atoms with E-state index in [4.69, 9.17) is 0 Å². The standard InChI is InChI=1S/C36H33F2N3O3/c1-3-40(4-2)33(42)24-31-30-16-10-11-17-32(30)41(23-22-36(31,37)38)35(44)26-18-20-27(21-19-26)39-34(43)29-15-9-8-14-28(29)25-12-6-5-7-13-25/h5-21,24H,3-4,22-23H2,1-2H3,(H,39,43). The first kappa shape index (κ1) is 30.4. The van der Waals surface area contributed by atoms with Crippen LogP contribution in [0.25, 0.3) is 16.7 Å². The van der Waals surface area contributed by atoms with Gasteiger partial charge in [-0.2, -0.15) is 0 Å². The molecule has 0 unspecified atom stereocenters. The number of para-hydroxylation sites is 1. The van der Waals surface area contributed by atoms with Gasteiger partial charge in [0, 0.05) is 60.1 Å². The lowest BCUT2D eigenvalue weighted by Crippen LogP contribution is -2.33. The van der Waals surface area contributed by atoms with Gasteiger partial charge >= 0.3 is 0 Å². The van der Waals surface area contributed by atoms with Crippen LogP contribution in [0.4, 0.5) is 20.2 Å². The molecule has 0 saturated heterocycles. The van der Waals surface area contributed by atoms with Gasteiger partial charge in [0.2, 0.25) is 5.91 Å². The molecule has 1 aliphatic heterocycles. The molecule has 44 heavy (non-hydrogen) atoms. The molecule has 1 N–H and O–H groups in total. The third-order valence-electron chi connectivity index (χ3n) is 7.76. The van der Waals surface area contributed by atoms with E-state index in [0.29, 0.717) is 30.0 Å². The van der Waals surface area contributed by atoms with Crippen molar-refractivity contribution in [3.05, 3.63) is 126 Å². The quantitative estimate of drug-likeness (QED) is 0.225. The first-order valence-corrected chi connectivity index (χ1v) is 14.6. The minimum absolute atomic E-state index is 0.143. The van der Waals surface area contributed by atoms with Gasteiger partial charge in [-0.15, -0.1) is 0 Å². The number of rotatable bonds is 7. The molecule has 4 aromatic carbocycles. The summed E-state index contributed by atoms with van der Waals surface area (Å²) in [5.74, 6) is -4.58. The number of fused-ring (bicyclic) bond motifs is 1. The Morgan fingerprint density at radius 2 is 1.43 bits per heavy atom. The molecule has 5 rings (SSSR count). The smallest absolute Gasteiger partial charge is 0.275 e. The third-order valence-corrected chi connectivity index (χ3v) is 7.76. The van der Waals surface area contributed by atoms with Gasteiger partial charge in [0.25, 0.3) is 17.7 Å². The molecule has 8 heteroatoms. The van der Waals surface area contributed by atoms with Crippen LogP contribution < -0.4 is 10.2 Å². The van der Waals surface area contributed by atoms with Crippen molar-refractivity contribution in [1.82, 2.24) is 4.90 Å². The Morgan fingerprint density at radius 3 is 2.11 bits per heavy atom. The Hall–Kier alpha value is -5.11. The number of likely N-dealkylation sites (N-methyl/N-ethyl adjacent to an activating group) is 1. The van der Waals surface area contributed by atoms with E-state index >= 15 is 8.78 Å². The summed E-state index contributed by atoms with van der Waals surface area (Å²) in [6.45, 7) is 4.13. The number of nitrogens with zero attached hydrogens (tertiary/aromatic N) is 2. The summed E-state index contributed by atoms with van der Waals surface area (Å²) in [5.41, 5.74) is 3.03. The van der Waals surface area contributed by atoms with Crippen molar-refractivity contribution < 1.29 is 23.2 Å². The summed E-state index contributed by atoms with van der Waals surface area (Å²) in [6, 6.07) is 29.7. The van der Waals surface area contributed by atoms with E-state index < -0.39 is 29.7 Å². The van der Waals surface area contributed by atoms with Crippen molar-refractivity contribution in [2.75, 3.05) is 29.9 Å². The van der Waals surface area contributed by atoms with Crippen molar-refractivity contribution in [3.8, 4) is 11.1 Å². The van der Waals surface area contributed by atoms with Crippen LogP contribution in [0.5, 0.6) is 0 Å². The molecule has 3 amide bonds. The lowest BCUT2D eigenvalue weighted by Gasteiger charge is -2.23. The molecule has 0 saturated carbocycles. The van der Waals surface area contributed by atoms with Crippen LogP contribution in [0.1, 0.15) is 46.5 Å². The lowest BCUT2D eigenvalue weighted by molar-refractivity contribution is -0.125. The molecule has 0 atom stereocenters. The molecular formula is C36H33F2N3O3. The fourth-order valence-electron chi connectivity index (χ4n) is 5.39. The van der Waals surface area contributed by atoms with E-state index in [-0.39, 0.29) is 23.6 Å². The number of nitrogens with one attached hydrogen (secondary N) is 1. The molecule has 0 radical (unpaired) electrons. The molecule has 4 aromatic rings. The fourth-order valence-corrected chi connectivity index (χ4v) is 5.39. The van der Waals surface area contributed by atoms with E-state index in [1.807, 2.05) is 42.5 Å². The van der Waals surface area contributed by atoms with Crippen molar-refractivity contribution >= 4 is 34.7 Å². The van der Waals surface area contributed by atoms with E-state index in [1.54, 1.807) is 68.4 Å². The highest BCUT2D eigenvalue weighted by Crippen LogP contribution is 2.43. The van der Waals surface area contributed by atoms with Crippen molar-refractivity contribution in [3.63, 3.8) is 0 Å². The summed E-state index contributed by atoms with van der Waals surface area (Å²) in [6.07, 6.45) is 0.368. The van der Waals surface area contributed by atoms with Gasteiger partial charge < -0.3 is 15.1 Å². The van der Waals surface area contributed by atoms with E-state index in [2.05, 4.69) is 5.32 Å². The maximum Gasteiger partial charge on any atom is 0.275 e. The molecule has 1 aliphatic rings. The maximum atomic E-state index is 15.5. The third kappa shape index (κ3) is 6.29. The van der Waals surface area contributed by atoms with E-state index in [0.717, 1.165) is 17.2 Å². The first-order chi connectivity index (χ1) is 21.2. The van der Waals surface area contributed by atoms with Crippen LogP contribution in [0, 0.1) is 0 Å². The summed E-state index contributed by atoms with van der Waals surface area (Å²) < 4.78 is 31.0. The topological polar surface area (TPSA) is 69.7 Å². The largest absolute Gasteiger partial charge is 0.340 e. The second kappa shape index (κ2) is 13.0. The Bertz CT molecular complexity index is 1700. The van der Waals surface area contributed by atoms with Gasteiger partial charge in [0.1, 0.15) is 0 Å². The second-order valence-electron chi connectivity index (χ2n) is 10.4. The molecule has 1 heterocycles. The molecule has 0 bridgehead atoms. The van der Waals surface area contributed by atoms with E-state index in [1.165, 1.54) is 15.9 Å². The summed E-state index contributed by atoms with van der Waals surface area (Å²) >= 11 is 0. The number of halogens is 2. The van der Waals surface area contributed by atoms with Gasteiger partial charge in [-0.1, -0.05) is 66.7 Å². The average molecular weight is 594 g/mol. The van der Waals surface area contributed by atoms with Crippen LogP contribution in [0.2, 0.25) is 0 Å². The van der Waals surface area contributed by atoms with Gasteiger partial charge in [0.05, 0.1) is 5.69 Å². The zero-order valence-corrected chi connectivity index (χ0v) is 24.6. The van der Waals surface area contributed by atoms with Crippen LogP contribution in [0.15, 0.2) is 109 Å². The molecule has 224 valence electrons. The number of amides is 3. The zero-order chi connectivity index (χ0) is 31.3. The lowest BCUT2D eigenvalue weighted by atomic mass is 9.96. The SMILES string of the molecule is CCN(CC)C(=O)C=C1c2ccccc2N(C(=O)c2ccc(NC(=O)c3ccccc3-c3ccccc3)cc2)CCC1(F)F. The zero-order valence-electron chi connectivity index (χ0n) is 24.6. The second-order valence-corrected chi connectivity index (χ2v) is 10.4. The predicted octanol–water partition coefficient (Wildman–Crippen LogP) is 7.54. The monoisotopic (exact) mass is 593 g/mol. The normalized spacial score (nSPS) is 14.8. The highest BCUT2D eigenvalue weighted by atomic mass is 19.3. The number of benzene rings is 4. The first-order valence-electron chi connectivity index (χ1n) is 14.6. The number of hydrogen-bond donors (Lipinski definition) is 1. The molecule has 0 aromatic heterocycles. The van der Waals surface area contributed by atoms with Gasteiger partial charge in [-0.05, 0) is 61.4 Å². The summed E-state index contributed by atoms with van der Waals surface area (Å²) in [7, 11) is 0. The molecule has 6 nitrogen and oxygen atoms in total. The summed E-state index contributed by atoms with van der Waals surface area (Å²) in [5, 5.41) is 2.89. The van der Waals surface area contributed by atoms with Crippen LogP contribution in [-0.4, -0.2) is 48.2 Å². The van der Waals surface area contributed by atoms with Gasteiger partial charge in [-0.3, -0.25) is 14.4 Å². The Labute approximate surface area is 255 Å². The Morgan fingerprint density at radius 1 is 0.818 bits per heavy atom. The van der Waals surface area contributed by atoms with Gasteiger partial charge in [0.15, 0.2) is 0 Å². The number of carbonyl (C=O) groups is 3. The molecular weight excluding hydrogens is 560 g/mol. The van der Waals surface area contributed by atoms with Crippen LogP contribution in [-0.2, 0) is 4.79 Å². The Balaban J connectivity index is 1.39. The minimum Gasteiger partial charge on any atom is -0.340 e. The highest BCUT2D eigenvalue weighted by molar-refractivity contribution is 6.11. The summed E-state index contributed by atoms with van der Waals surface area (Å²) in [4.78, 5) is 42.5.